The Morgan fingerprint density at radius 1 is 1.42 bits per heavy atom. The van der Waals surface area contributed by atoms with Crippen molar-refractivity contribution in [1.29, 1.82) is 0 Å². The summed E-state index contributed by atoms with van der Waals surface area (Å²) in [6, 6.07) is 0. The van der Waals surface area contributed by atoms with E-state index in [1.807, 2.05) is 27.7 Å². The Bertz CT molecular complexity index is 319. The third-order valence-corrected chi connectivity index (χ3v) is 3.07. The molecule has 1 fully saturated rings. The average Bonchev–Trinajstić information content (AvgIpc) is 2.27. The number of carbonyl (C=O) groups excluding carboxylic acids is 1. The Morgan fingerprint density at radius 3 is 2.47 bits per heavy atom. The molecule has 0 saturated carbocycles. The van der Waals surface area contributed by atoms with Gasteiger partial charge in [-0.2, -0.15) is 0 Å². The second-order valence-electron chi connectivity index (χ2n) is 6.26. The summed E-state index contributed by atoms with van der Waals surface area (Å²) < 4.78 is 5.36. The second-order valence-corrected chi connectivity index (χ2v) is 6.26. The van der Waals surface area contributed by atoms with E-state index in [0.717, 1.165) is 38.8 Å². The smallest absolute Gasteiger partial charge is 0.410 e. The van der Waals surface area contributed by atoms with Gasteiger partial charge in [0.1, 0.15) is 5.60 Å². The molecule has 4 nitrogen and oxygen atoms in total. The van der Waals surface area contributed by atoms with Gasteiger partial charge in [-0.15, -0.1) is 0 Å². The lowest BCUT2D eigenvalue weighted by Gasteiger charge is -2.31. The molecule has 0 spiro atoms. The van der Waals surface area contributed by atoms with Gasteiger partial charge in [-0.1, -0.05) is 11.6 Å². The predicted molar refractivity (Wildman–Crippen MR) is 76.0 cm³/mol. The average molecular weight is 269 g/mol. The fourth-order valence-electron chi connectivity index (χ4n) is 2.04. The molecule has 19 heavy (non-hydrogen) atoms. The van der Waals surface area contributed by atoms with Crippen molar-refractivity contribution >= 4 is 6.09 Å². The van der Waals surface area contributed by atoms with E-state index in [4.69, 9.17) is 4.74 Å². The highest BCUT2D eigenvalue weighted by Crippen LogP contribution is 2.19. The number of hydrogen-bond donors (Lipinski definition) is 1. The van der Waals surface area contributed by atoms with Crippen molar-refractivity contribution < 1.29 is 14.6 Å². The minimum Gasteiger partial charge on any atom is -0.444 e. The molecule has 1 aliphatic heterocycles. The largest absolute Gasteiger partial charge is 0.444 e. The van der Waals surface area contributed by atoms with Gasteiger partial charge in [-0.25, -0.2) is 4.79 Å². The SMILES string of the molecule is CC(O)CCC=C1CCN(C(=O)OC(C)(C)C)CC1. The number of hydrogen-bond acceptors (Lipinski definition) is 3. The number of allylic oxidation sites excluding steroid dienone is 1. The van der Waals surface area contributed by atoms with E-state index in [1.54, 1.807) is 4.90 Å². The van der Waals surface area contributed by atoms with E-state index in [-0.39, 0.29) is 12.2 Å². The first kappa shape index (κ1) is 16.0. The van der Waals surface area contributed by atoms with Crippen LogP contribution in [0.25, 0.3) is 0 Å². The van der Waals surface area contributed by atoms with Crippen LogP contribution in [-0.2, 0) is 4.74 Å². The maximum Gasteiger partial charge on any atom is 0.410 e. The molecule has 0 bridgehead atoms. The fourth-order valence-corrected chi connectivity index (χ4v) is 2.04. The molecule has 1 heterocycles. The lowest BCUT2D eigenvalue weighted by atomic mass is 10.0. The molecule has 110 valence electrons. The minimum absolute atomic E-state index is 0.212. The summed E-state index contributed by atoms with van der Waals surface area (Å²) in [7, 11) is 0. The molecule has 0 aromatic heterocycles. The quantitative estimate of drug-likeness (QED) is 0.801. The molecule has 0 aliphatic carbocycles. The molecule has 1 rings (SSSR count). The van der Waals surface area contributed by atoms with E-state index < -0.39 is 5.60 Å². The summed E-state index contributed by atoms with van der Waals surface area (Å²) in [5.41, 5.74) is 0.963. The summed E-state index contributed by atoms with van der Waals surface area (Å²) in [6.07, 6.45) is 5.31. The first-order chi connectivity index (χ1) is 8.78. The first-order valence-corrected chi connectivity index (χ1v) is 7.12. The maximum absolute atomic E-state index is 11.9. The monoisotopic (exact) mass is 269 g/mol. The van der Waals surface area contributed by atoms with Crippen LogP contribution in [0, 0.1) is 0 Å². The Kier molecular flexibility index (Phi) is 5.85. The summed E-state index contributed by atoms with van der Waals surface area (Å²) >= 11 is 0. The number of likely N-dealkylation sites (tertiary alicyclic amines) is 1. The van der Waals surface area contributed by atoms with Crippen LogP contribution >= 0.6 is 0 Å². The lowest BCUT2D eigenvalue weighted by Crippen LogP contribution is -2.40. The Hall–Kier alpha value is -1.03. The van der Waals surface area contributed by atoms with E-state index >= 15 is 0 Å². The van der Waals surface area contributed by atoms with Crippen LogP contribution in [-0.4, -0.2) is 40.9 Å². The molecule has 1 amide bonds. The number of aliphatic hydroxyl groups excluding tert-OH is 1. The van der Waals surface area contributed by atoms with Crippen molar-refractivity contribution in [2.45, 2.75) is 65.1 Å². The van der Waals surface area contributed by atoms with Crippen molar-refractivity contribution in [3.05, 3.63) is 11.6 Å². The normalized spacial score (nSPS) is 18.2. The first-order valence-electron chi connectivity index (χ1n) is 7.12. The van der Waals surface area contributed by atoms with E-state index in [2.05, 4.69) is 6.08 Å². The highest BCUT2D eigenvalue weighted by molar-refractivity contribution is 5.68. The topological polar surface area (TPSA) is 49.8 Å². The van der Waals surface area contributed by atoms with Gasteiger partial charge >= 0.3 is 6.09 Å². The third-order valence-electron chi connectivity index (χ3n) is 3.07. The highest BCUT2D eigenvalue weighted by Gasteiger charge is 2.24. The Balaban J connectivity index is 2.34. The van der Waals surface area contributed by atoms with Crippen LogP contribution in [0.5, 0.6) is 0 Å². The van der Waals surface area contributed by atoms with Gasteiger partial charge in [0.15, 0.2) is 0 Å². The molecule has 1 aliphatic rings. The molecule has 1 saturated heterocycles. The van der Waals surface area contributed by atoms with Gasteiger partial charge in [0.05, 0.1) is 6.10 Å². The second kappa shape index (κ2) is 6.94. The van der Waals surface area contributed by atoms with Crippen molar-refractivity contribution in [1.82, 2.24) is 4.90 Å². The van der Waals surface area contributed by atoms with E-state index in [9.17, 15) is 9.90 Å². The van der Waals surface area contributed by atoms with Gasteiger partial charge in [0, 0.05) is 13.1 Å². The van der Waals surface area contributed by atoms with Crippen LogP contribution in [0.2, 0.25) is 0 Å². The van der Waals surface area contributed by atoms with Crippen molar-refractivity contribution in [2.24, 2.45) is 0 Å². The summed E-state index contributed by atoms with van der Waals surface area (Å²) in [6.45, 7) is 8.93. The summed E-state index contributed by atoms with van der Waals surface area (Å²) in [5.74, 6) is 0. The third kappa shape index (κ3) is 6.62. The number of nitrogens with zero attached hydrogens (tertiary/aromatic N) is 1. The summed E-state index contributed by atoms with van der Waals surface area (Å²) in [5, 5.41) is 9.21. The minimum atomic E-state index is -0.426. The molecule has 0 aromatic rings. The number of piperidine rings is 1. The van der Waals surface area contributed by atoms with Gasteiger partial charge in [-0.3, -0.25) is 0 Å². The van der Waals surface area contributed by atoms with Crippen LogP contribution in [0.3, 0.4) is 0 Å². The van der Waals surface area contributed by atoms with Gasteiger partial charge in [-0.05, 0) is 53.4 Å². The molecular weight excluding hydrogens is 242 g/mol. The Labute approximate surface area is 116 Å². The van der Waals surface area contributed by atoms with Crippen LogP contribution in [0.4, 0.5) is 4.79 Å². The molecule has 0 radical (unpaired) electrons. The molecule has 1 atom stereocenters. The summed E-state index contributed by atoms with van der Waals surface area (Å²) in [4.78, 5) is 13.6. The number of ether oxygens (including phenoxy) is 1. The van der Waals surface area contributed by atoms with E-state index in [1.165, 1.54) is 5.57 Å². The lowest BCUT2D eigenvalue weighted by molar-refractivity contribution is 0.0236. The Morgan fingerprint density at radius 2 is 2.00 bits per heavy atom. The zero-order valence-electron chi connectivity index (χ0n) is 12.6. The molecule has 4 heteroatoms. The fraction of sp³-hybridized carbons (Fsp3) is 0.800. The van der Waals surface area contributed by atoms with Gasteiger partial charge < -0.3 is 14.7 Å². The molecular formula is C15H27NO3. The zero-order valence-corrected chi connectivity index (χ0v) is 12.6. The highest BCUT2D eigenvalue weighted by atomic mass is 16.6. The maximum atomic E-state index is 11.9. The zero-order chi connectivity index (χ0) is 14.5. The van der Waals surface area contributed by atoms with Crippen molar-refractivity contribution in [3.8, 4) is 0 Å². The molecule has 1 N–H and O–H groups in total. The van der Waals surface area contributed by atoms with Crippen molar-refractivity contribution in [3.63, 3.8) is 0 Å². The van der Waals surface area contributed by atoms with Gasteiger partial charge in [0.2, 0.25) is 0 Å². The van der Waals surface area contributed by atoms with Gasteiger partial charge in [0.25, 0.3) is 0 Å². The standard InChI is InChI=1S/C15H27NO3/c1-12(17)6-5-7-13-8-10-16(11-9-13)14(18)19-15(2,3)4/h7,12,17H,5-6,8-11H2,1-4H3. The number of rotatable bonds is 3. The van der Waals surface area contributed by atoms with Crippen LogP contribution in [0.15, 0.2) is 11.6 Å². The molecule has 1 unspecified atom stereocenters. The predicted octanol–water partition coefficient (Wildman–Crippen LogP) is 3.10. The van der Waals surface area contributed by atoms with Crippen molar-refractivity contribution in [2.75, 3.05) is 13.1 Å². The van der Waals surface area contributed by atoms with Crippen LogP contribution < -0.4 is 0 Å². The number of amides is 1. The van der Waals surface area contributed by atoms with Crippen LogP contribution in [0.1, 0.15) is 53.4 Å². The van der Waals surface area contributed by atoms with E-state index in [0.29, 0.717) is 0 Å². The number of aliphatic hydroxyl groups is 1. The molecule has 0 aromatic carbocycles. The number of carbonyl (C=O) groups is 1.